The summed E-state index contributed by atoms with van der Waals surface area (Å²) in [7, 11) is 0. The quantitative estimate of drug-likeness (QED) is 0.821. The molecular weight excluding hydrogens is 334 g/mol. The number of carbonyl (C=O) groups excluding carboxylic acids is 1. The number of benzene rings is 1. The first-order valence-electron chi connectivity index (χ1n) is 9.14. The predicted molar refractivity (Wildman–Crippen MR) is 103 cm³/mol. The van der Waals surface area contributed by atoms with Crippen LogP contribution in [-0.4, -0.2) is 63.7 Å². The second-order valence-electron chi connectivity index (χ2n) is 6.78. The summed E-state index contributed by atoms with van der Waals surface area (Å²) in [5, 5.41) is 2.98. The number of hydrogen-bond donors (Lipinski definition) is 1. The molecule has 0 bridgehead atoms. The number of piperazine rings is 1. The van der Waals surface area contributed by atoms with Gasteiger partial charge >= 0.3 is 0 Å². The van der Waals surface area contributed by atoms with Crippen LogP contribution < -0.4 is 5.32 Å². The van der Waals surface area contributed by atoms with Crippen molar-refractivity contribution in [2.24, 2.45) is 5.92 Å². The van der Waals surface area contributed by atoms with Crippen LogP contribution in [0.1, 0.15) is 26.7 Å². The first-order valence-corrected chi connectivity index (χ1v) is 9.87. The van der Waals surface area contributed by atoms with Gasteiger partial charge in [0.05, 0.1) is 18.3 Å². The maximum absolute atomic E-state index is 12.3. The van der Waals surface area contributed by atoms with Gasteiger partial charge in [0.2, 0.25) is 5.91 Å². The zero-order chi connectivity index (χ0) is 17.6. The fourth-order valence-corrected chi connectivity index (χ4v) is 3.82. The Labute approximate surface area is 153 Å². The van der Waals surface area contributed by atoms with Gasteiger partial charge in [-0.15, -0.1) is 0 Å². The molecule has 1 aromatic heterocycles. The standard InChI is InChI=1S/C18H27N5OS/c1-3-14(4-2)12-22-7-9-23(10-8-22)13-18(24)19-15-5-6-16-17(11-15)21-25-20-16/h5-6,11,14H,3-4,7-10,12-13H2,1-2H3,(H,19,24). The highest BCUT2D eigenvalue weighted by molar-refractivity contribution is 7.00. The van der Waals surface area contributed by atoms with Gasteiger partial charge in [-0.2, -0.15) is 8.75 Å². The van der Waals surface area contributed by atoms with Crippen molar-refractivity contribution < 1.29 is 4.79 Å². The van der Waals surface area contributed by atoms with Crippen molar-refractivity contribution in [3.63, 3.8) is 0 Å². The van der Waals surface area contributed by atoms with E-state index in [0.29, 0.717) is 6.54 Å². The molecule has 0 spiro atoms. The Morgan fingerprint density at radius 3 is 2.52 bits per heavy atom. The van der Waals surface area contributed by atoms with E-state index in [9.17, 15) is 4.79 Å². The number of anilines is 1. The molecule has 0 atom stereocenters. The van der Waals surface area contributed by atoms with Crippen LogP contribution in [0, 0.1) is 5.92 Å². The number of amides is 1. The molecule has 25 heavy (non-hydrogen) atoms. The maximum atomic E-state index is 12.3. The van der Waals surface area contributed by atoms with E-state index < -0.39 is 0 Å². The Morgan fingerprint density at radius 1 is 1.12 bits per heavy atom. The molecule has 3 rings (SSSR count). The summed E-state index contributed by atoms with van der Waals surface area (Å²) in [5.41, 5.74) is 2.49. The van der Waals surface area contributed by atoms with E-state index in [-0.39, 0.29) is 5.91 Å². The number of rotatable bonds is 7. The maximum Gasteiger partial charge on any atom is 0.238 e. The molecule has 2 aromatic rings. The summed E-state index contributed by atoms with van der Waals surface area (Å²) in [6, 6.07) is 5.66. The van der Waals surface area contributed by atoms with Crippen LogP contribution in [0.15, 0.2) is 18.2 Å². The van der Waals surface area contributed by atoms with Crippen molar-refractivity contribution in [2.75, 3.05) is 44.6 Å². The number of fused-ring (bicyclic) bond motifs is 1. The Hall–Kier alpha value is -1.57. The molecule has 1 aliphatic rings. The van der Waals surface area contributed by atoms with Gasteiger partial charge < -0.3 is 10.2 Å². The van der Waals surface area contributed by atoms with E-state index in [1.54, 1.807) is 0 Å². The normalized spacial score (nSPS) is 16.6. The zero-order valence-corrected chi connectivity index (χ0v) is 15.9. The molecular formula is C18H27N5OS. The van der Waals surface area contributed by atoms with Gasteiger partial charge in [-0.25, -0.2) is 0 Å². The van der Waals surface area contributed by atoms with Crippen molar-refractivity contribution in [2.45, 2.75) is 26.7 Å². The van der Waals surface area contributed by atoms with Gasteiger partial charge in [0.15, 0.2) is 0 Å². The number of carbonyl (C=O) groups is 1. The Balaban J connectivity index is 1.44. The van der Waals surface area contributed by atoms with Gasteiger partial charge in [0, 0.05) is 38.4 Å². The molecule has 1 aromatic carbocycles. The number of aromatic nitrogens is 2. The highest BCUT2D eigenvalue weighted by atomic mass is 32.1. The third-order valence-corrected chi connectivity index (χ3v) is 5.60. The van der Waals surface area contributed by atoms with E-state index in [1.165, 1.54) is 31.1 Å². The van der Waals surface area contributed by atoms with Crippen molar-refractivity contribution in [1.82, 2.24) is 18.5 Å². The minimum absolute atomic E-state index is 0.0379. The lowest BCUT2D eigenvalue weighted by Crippen LogP contribution is -2.49. The van der Waals surface area contributed by atoms with Crippen molar-refractivity contribution >= 4 is 34.4 Å². The van der Waals surface area contributed by atoms with Crippen molar-refractivity contribution in [3.8, 4) is 0 Å². The topological polar surface area (TPSA) is 61.4 Å². The monoisotopic (exact) mass is 361 g/mol. The molecule has 2 heterocycles. The summed E-state index contributed by atoms with van der Waals surface area (Å²) >= 11 is 1.19. The van der Waals surface area contributed by atoms with Crippen LogP contribution in [0.25, 0.3) is 11.0 Å². The van der Waals surface area contributed by atoms with Gasteiger partial charge in [-0.1, -0.05) is 26.7 Å². The highest BCUT2D eigenvalue weighted by Crippen LogP contribution is 2.17. The number of nitrogens with zero attached hydrogens (tertiary/aromatic N) is 4. The average Bonchev–Trinajstić information content (AvgIpc) is 3.08. The summed E-state index contributed by atoms with van der Waals surface area (Å²) in [6.45, 7) is 10.2. The van der Waals surface area contributed by atoms with E-state index in [2.05, 4.69) is 37.7 Å². The summed E-state index contributed by atoms with van der Waals surface area (Å²) < 4.78 is 8.39. The molecule has 7 heteroatoms. The van der Waals surface area contributed by atoms with Crippen molar-refractivity contribution in [3.05, 3.63) is 18.2 Å². The summed E-state index contributed by atoms with van der Waals surface area (Å²) in [5.74, 6) is 0.834. The number of nitrogens with one attached hydrogen (secondary N) is 1. The van der Waals surface area contributed by atoms with E-state index in [1.807, 2.05) is 18.2 Å². The zero-order valence-electron chi connectivity index (χ0n) is 15.1. The molecule has 6 nitrogen and oxygen atoms in total. The van der Waals surface area contributed by atoms with Crippen LogP contribution in [0.2, 0.25) is 0 Å². The van der Waals surface area contributed by atoms with Gasteiger partial charge in [-0.3, -0.25) is 9.69 Å². The van der Waals surface area contributed by atoms with E-state index in [4.69, 9.17) is 0 Å². The fourth-order valence-electron chi connectivity index (χ4n) is 3.31. The van der Waals surface area contributed by atoms with Crippen molar-refractivity contribution in [1.29, 1.82) is 0 Å². The van der Waals surface area contributed by atoms with Gasteiger partial charge in [-0.05, 0) is 24.1 Å². The Morgan fingerprint density at radius 2 is 1.80 bits per heavy atom. The highest BCUT2D eigenvalue weighted by Gasteiger charge is 2.20. The van der Waals surface area contributed by atoms with Crippen LogP contribution in [0.5, 0.6) is 0 Å². The first kappa shape index (κ1) is 18.2. The third kappa shape index (κ3) is 4.96. The Kier molecular flexibility index (Phi) is 6.34. The minimum Gasteiger partial charge on any atom is -0.325 e. The fraction of sp³-hybridized carbons (Fsp3) is 0.611. The van der Waals surface area contributed by atoms with Gasteiger partial charge in [0.25, 0.3) is 0 Å². The second kappa shape index (κ2) is 8.69. The van der Waals surface area contributed by atoms with Crippen LogP contribution in [-0.2, 0) is 4.79 Å². The first-order chi connectivity index (χ1) is 12.2. The molecule has 1 aliphatic heterocycles. The lowest BCUT2D eigenvalue weighted by molar-refractivity contribution is -0.117. The molecule has 1 amide bonds. The Bertz CT molecular complexity index is 692. The largest absolute Gasteiger partial charge is 0.325 e. The van der Waals surface area contributed by atoms with Crippen LogP contribution in [0.3, 0.4) is 0 Å². The lowest BCUT2D eigenvalue weighted by atomic mass is 10.0. The molecule has 136 valence electrons. The molecule has 0 unspecified atom stereocenters. The van der Waals surface area contributed by atoms with Crippen LogP contribution in [0.4, 0.5) is 5.69 Å². The summed E-state index contributed by atoms with van der Waals surface area (Å²) in [6.07, 6.45) is 2.50. The second-order valence-corrected chi connectivity index (χ2v) is 7.30. The third-order valence-electron chi connectivity index (χ3n) is 5.04. The molecule has 0 saturated carbocycles. The number of hydrogen-bond acceptors (Lipinski definition) is 6. The molecule has 1 N–H and O–H groups in total. The molecule has 1 saturated heterocycles. The minimum atomic E-state index is 0.0379. The van der Waals surface area contributed by atoms with Gasteiger partial charge in [0.1, 0.15) is 11.0 Å². The molecule has 1 fully saturated rings. The SMILES string of the molecule is CCC(CC)CN1CCN(CC(=O)Nc2ccc3nsnc3c2)CC1. The predicted octanol–water partition coefficient (Wildman–Crippen LogP) is 2.68. The summed E-state index contributed by atoms with van der Waals surface area (Å²) in [4.78, 5) is 17.1. The smallest absolute Gasteiger partial charge is 0.238 e. The average molecular weight is 362 g/mol. The molecule has 0 aliphatic carbocycles. The molecule has 0 radical (unpaired) electrons. The lowest BCUT2D eigenvalue weighted by Gasteiger charge is -2.35. The van der Waals surface area contributed by atoms with Crippen LogP contribution >= 0.6 is 11.7 Å². The van der Waals surface area contributed by atoms with E-state index >= 15 is 0 Å². The van der Waals surface area contributed by atoms with E-state index in [0.717, 1.165) is 48.8 Å².